The fourth-order valence-electron chi connectivity index (χ4n) is 3.40. The number of hydrogen-bond acceptors (Lipinski definition) is 3. The molecule has 0 spiro atoms. The van der Waals surface area contributed by atoms with E-state index in [1.165, 1.54) is 57.8 Å². The van der Waals surface area contributed by atoms with Gasteiger partial charge < -0.3 is 15.3 Å². The Morgan fingerprint density at radius 1 is 0.400 bits per heavy atom. The third-order valence-electron chi connectivity index (χ3n) is 5.18. The van der Waals surface area contributed by atoms with E-state index in [0.717, 1.165) is 25.7 Å². The van der Waals surface area contributed by atoms with E-state index < -0.39 is 0 Å². The molecule has 0 rings (SSSR count). The Morgan fingerprint density at radius 3 is 1.20 bits per heavy atom. The first-order valence-electron chi connectivity index (χ1n) is 11.1. The van der Waals surface area contributed by atoms with E-state index in [0.29, 0.717) is 25.7 Å². The van der Waals surface area contributed by atoms with Gasteiger partial charge in [0.05, 0.1) is 18.3 Å². The van der Waals surface area contributed by atoms with E-state index in [1.54, 1.807) is 0 Å². The summed E-state index contributed by atoms with van der Waals surface area (Å²) in [4.78, 5) is 0. The van der Waals surface area contributed by atoms with Crippen LogP contribution in [0.3, 0.4) is 0 Å². The van der Waals surface area contributed by atoms with Gasteiger partial charge in [-0.3, -0.25) is 0 Å². The summed E-state index contributed by atoms with van der Waals surface area (Å²) in [5, 5.41) is 29.6. The average Bonchev–Trinajstić information content (AvgIpc) is 2.60. The first kappa shape index (κ1) is 24.9. The van der Waals surface area contributed by atoms with Crippen LogP contribution in [0.4, 0.5) is 0 Å². The SMILES string of the molecule is CCCCCCCCCCCCC(O)CCC(O)CCC(O)CCC. The summed E-state index contributed by atoms with van der Waals surface area (Å²) < 4.78 is 0. The number of aliphatic hydroxyl groups is 3. The van der Waals surface area contributed by atoms with Crippen LogP contribution < -0.4 is 0 Å². The van der Waals surface area contributed by atoms with Gasteiger partial charge in [-0.2, -0.15) is 0 Å². The van der Waals surface area contributed by atoms with Crippen LogP contribution in [-0.4, -0.2) is 33.6 Å². The lowest BCUT2D eigenvalue weighted by molar-refractivity contribution is 0.0828. The van der Waals surface area contributed by atoms with E-state index in [9.17, 15) is 15.3 Å². The fraction of sp³-hybridized carbons (Fsp3) is 1.00. The molecule has 0 aliphatic carbocycles. The van der Waals surface area contributed by atoms with Crippen molar-refractivity contribution >= 4 is 0 Å². The summed E-state index contributed by atoms with van der Waals surface area (Å²) in [6, 6.07) is 0. The standard InChI is InChI=1S/C22H46O3/c1-3-5-6-7-8-9-10-11-12-13-15-21(24)17-19-22(25)18-16-20(23)14-4-2/h20-25H,3-19H2,1-2H3. The lowest BCUT2D eigenvalue weighted by atomic mass is 9.99. The summed E-state index contributed by atoms with van der Waals surface area (Å²) in [6.45, 7) is 4.32. The van der Waals surface area contributed by atoms with Crippen molar-refractivity contribution in [1.82, 2.24) is 0 Å². The Morgan fingerprint density at radius 2 is 0.760 bits per heavy atom. The molecule has 0 aromatic carbocycles. The number of aliphatic hydroxyl groups excluding tert-OH is 3. The molecule has 3 atom stereocenters. The molecule has 3 nitrogen and oxygen atoms in total. The van der Waals surface area contributed by atoms with Crippen LogP contribution in [0.2, 0.25) is 0 Å². The maximum absolute atomic E-state index is 10.0. The van der Waals surface area contributed by atoms with Crippen LogP contribution in [0, 0.1) is 0 Å². The van der Waals surface area contributed by atoms with Crippen molar-refractivity contribution in [3.63, 3.8) is 0 Å². The van der Waals surface area contributed by atoms with Gasteiger partial charge in [0.1, 0.15) is 0 Å². The Hall–Kier alpha value is -0.120. The van der Waals surface area contributed by atoms with E-state index in [-0.39, 0.29) is 18.3 Å². The molecule has 152 valence electrons. The molecule has 3 heteroatoms. The van der Waals surface area contributed by atoms with Gasteiger partial charge in [0.25, 0.3) is 0 Å². The number of unbranched alkanes of at least 4 members (excludes halogenated alkanes) is 9. The summed E-state index contributed by atoms with van der Waals surface area (Å²) in [6.07, 6.45) is 17.5. The second-order valence-corrected chi connectivity index (χ2v) is 7.88. The van der Waals surface area contributed by atoms with Gasteiger partial charge in [-0.1, -0.05) is 84.5 Å². The molecule has 0 saturated heterocycles. The zero-order valence-electron chi connectivity index (χ0n) is 17.1. The molecular weight excluding hydrogens is 312 g/mol. The molecule has 0 radical (unpaired) electrons. The minimum absolute atomic E-state index is 0.274. The van der Waals surface area contributed by atoms with Crippen molar-refractivity contribution in [2.45, 2.75) is 141 Å². The van der Waals surface area contributed by atoms with Gasteiger partial charge in [0, 0.05) is 0 Å². The molecule has 0 aliphatic heterocycles. The molecule has 0 aromatic rings. The van der Waals surface area contributed by atoms with Crippen LogP contribution in [0.1, 0.15) is 123 Å². The highest BCUT2D eigenvalue weighted by Gasteiger charge is 2.11. The second-order valence-electron chi connectivity index (χ2n) is 7.88. The Balaban J connectivity index is 3.36. The maximum atomic E-state index is 10.0. The summed E-state index contributed by atoms with van der Waals surface area (Å²) in [5.41, 5.74) is 0. The molecule has 0 fully saturated rings. The average molecular weight is 359 g/mol. The molecule has 0 saturated carbocycles. The molecule has 0 heterocycles. The van der Waals surface area contributed by atoms with Crippen LogP contribution in [0.25, 0.3) is 0 Å². The molecule has 3 unspecified atom stereocenters. The lowest BCUT2D eigenvalue weighted by Gasteiger charge is -2.16. The molecule has 0 amide bonds. The topological polar surface area (TPSA) is 60.7 Å². The van der Waals surface area contributed by atoms with Crippen LogP contribution in [0.15, 0.2) is 0 Å². The Labute approximate surface area is 157 Å². The monoisotopic (exact) mass is 358 g/mol. The molecular formula is C22H46O3. The second kappa shape index (κ2) is 18.7. The highest BCUT2D eigenvalue weighted by Crippen LogP contribution is 2.16. The smallest absolute Gasteiger partial charge is 0.0542 e. The van der Waals surface area contributed by atoms with Gasteiger partial charge >= 0.3 is 0 Å². The van der Waals surface area contributed by atoms with Gasteiger partial charge in [0.15, 0.2) is 0 Å². The maximum Gasteiger partial charge on any atom is 0.0542 e. The number of hydrogen-bond donors (Lipinski definition) is 3. The highest BCUT2D eigenvalue weighted by molar-refractivity contribution is 4.65. The van der Waals surface area contributed by atoms with Gasteiger partial charge in [-0.15, -0.1) is 0 Å². The van der Waals surface area contributed by atoms with Crippen LogP contribution in [0.5, 0.6) is 0 Å². The Bertz CT molecular complexity index is 258. The highest BCUT2D eigenvalue weighted by atomic mass is 16.3. The van der Waals surface area contributed by atoms with E-state index in [1.807, 2.05) is 0 Å². The lowest BCUT2D eigenvalue weighted by Crippen LogP contribution is -2.16. The molecule has 25 heavy (non-hydrogen) atoms. The van der Waals surface area contributed by atoms with E-state index in [4.69, 9.17) is 0 Å². The Kier molecular flexibility index (Phi) is 18.6. The van der Waals surface area contributed by atoms with Crippen molar-refractivity contribution in [3.8, 4) is 0 Å². The predicted molar refractivity (Wildman–Crippen MR) is 108 cm³/mol. The molecule has 3 N–H and O–H groups in total. The summed E-state index contributed by atoms with van der Waals surface area (Å²) >= 11 is 0. The van der Waals surface area contributed by atoms with Crippen LogP contribution in [-0.2, 0) is 0 Å². The minimum Gasteiger partial charge on any atom is -0.393 e. The summed E-state index contributed by atoms with van der Waals surface area (Å²) in [5.74, 6) is 0. The van der Waals surface area contributed by atoms with Crippen LogP contribution >= 0.6 is 0 Å². The van der Waals surface area contributed by atoms with E-state index in [2.05, 4.69) is 13.8 Å². The first-order valence-corrected chi connectivity index (χ1v) is 11.1. The van der Waals surface area contributed by atoms with Gasteiger partial charge in [-0.05, 0) is 38.5 Å². The van der Waals surface area contributed by atoms with Crippen molar-refractivity contribution in [1.29, 1.82) is 0 Å². The van der Waals surface area contributed by atoms with Crippen molar-refractivity contribution in [3.05, 3.63) is 0 Å². The summed E-state index contributed by atoms with van der Waals surface area (Å²) in [7, 11) is 0. The minimum atomic E-state index is -0.381. The molecule has 0 aliphatic rings. The molecule has 0 bridgehead atoms. The van der Waals surface area contributed by atoms with Crippen molar-refractivity contribution < 1.29 is 15.3 Å². The normalized spacial score (nSPS) is 15.2. The quantitative estimate of drug-likeness (QED) is 0.258. The van der Waals surface area contributed by atoms with Crippen molar-refractivity contribution in [2.75, 3.05) is 0 Å². The third kappa shape index (κ3) is 18.5. The van der Waals surface area contributed by atoms with Crippen molar-refractivity contribution in [2.24, 2.45) is 0 Å². The van der Waals surface area contributed by atoms with E-state index >= 15 is 0 Å². The largest absolute Gasteiger partial charge is 0.393 e. The van der Waals surface area contributed by atoms with Gasteiger partial charge in [0.2, 0.25) is 0 Å². The zero-order chi connectivity index (χ0) is 18.8. The first-order chi connectivity index (χ1) is 12.1. The zero-order valence-corrected chi connectivity index (χ0v) is 17.1. The van der Waals surface area contributed by atoms with Gasteiger partial charge in [-0.25, -0.2) is 0 Å². The fourth-order valence-corrected chi connectivity index (χ4v) is 3.40. The third-order valence-corrected chi connectivity index (χ3v) is 5.18. The number of rotatable bonds is 19. The predicted octanol–water partition coefficient (Wildman–Crippen LogP) is 5.74. The molecule has 0 aromatic heterocycles.